The number of piperidine rings is 1. The predicted octanol–water partition coefficient (Wildman–Crippen LogP) is 2.49. The van der Waals surface area contributed by atoms with Crippen molar-refractivity contribution in [3.8, 4) is 0 Å². The first kappa shape index (κ1) is 19.5. The molecule has 2 aliphatic heterocycles. The van der Waals surface area contributed by atoms with Crippen LogP contribution >= 0.6 is 0 Å². The van der Waals surface area contributed by atoms with Gasteiger partial charge >= 0.3 is 12.1 Å². The summed E-state index contributed by atoms with van der Waals surface area (Å²) in [6.45, 7) is 10.4. The minimum Gasteiger partial charge on any atom is -0.480 e. The number of rotatable bonds is 3. The molecule has 0 spiro atoms. The number of amides is 2. The molecule has 142 valence electrons. The maximum atomic E-state index is 12.8. The number of carboxylic acids is 1. The van der Waals surface area contributed by atoms with Crippen molar-refractivity contribution >= 4 is 18.0 Å². The molecule has 0 aromatic heterocycles. The van der Waals surface area contributed by atoms with Crippen molar-refractivity contribution in [2.45, 2.75) is 84.5 Å². The van der Waals surface area contributed by atoms with Crippen LogP contribution in [0.1, 0.15) is 60.8 Å². The van der Waals surface area contributed by atoms with Gasteiger partial charge in [-0.2, -0.15) is 0 Å². The van der Waals surface area contributed by atoms with Crippen LogP contribution in [0, 0.1) is 5.41 Å². The van der Waals surface area contributed by atoms with Crippen molar-refractivity contribution in [1.29, 1.82) is 0 Å². The molecule has 3 atom stereocenters. The quantitative estimate of drug-likeness (QED) is 0.841. The summed E-state index contributed by atoms with van der Waals surface area (Å²) in [6.07, 6.45) is 1.88. The first-order chi connectivity index (χ1) is 11.3. The zero-order chi connectivity index (χ0) is 19.2. The van der Waals surface area contributed by atoms with Gasteiger partial charge < -0.3 is 19.6 Å². The third-order valence-corrected chi connectivity index (χ3v) is 4.72. The van der Waals surface area contributed by atoms with Gasteiger partial charge in [0.25, 0.3) is 0 Å². The van der Waals surface area contributed by atoms with Gasteiger partial charge in [0, 0.05) is 11.5 Å². The van der Waals surface area contributed by atoms with E-state index in [0.29, 0.717) is 6.42 Å². The van der Waals surface area contributed by atoms with Gasteiger partial charge in [0.05, 0.1) is 12.1 Å². The average molecular weight is 354 g/mol. The third-order valence-electron chi connectivity index (χ3n) is 4.72. The van der Waals surface area contributed by atoms with E-state index in [1.165, 1.54) is 4.90 Å². The lowest BCUT2D eigenvalue weighted by Crippen LogP contribution is -2.71. The SMILES string of the molecule is CC(C)(C)OC(=O)N1C2CCC(N(CC(=O)O)C(=O)C(C)(C)C)C1C2. The molecule has 3 rings (SSSR count). The number of nitrogens with zero attached hydrogens (tertiary/aromatic N) is 2. The van der Waals surface area contributed by atoms with Crippen molar-refractivity contribution in [3.63, 3.8) is 0 Å². The molecular weight excluding hydrogens is 324 g/mol. The summed E-state index contributed by atoms with van der Waals surface area (Å²) in [5.74, 6) is -1.24. The number of hydrogen-bond acceptors (Lipinski definition) is 4. The normalized spacial score (nSPS) is 25.8. The van der Waals surface area contributed by atoms with E-state index in [1.807, 2.05) is 20.8 Å². The van der Waals surface area contributed by atoms with Crippen LogP contribution in [-0.2, 0) is 14.3 Å². The van der Waals surface area contributed by atoms with Crippen LogP contribution in [0.25, 0.3) is 0 Å². The molecule has 3 unspecified atom stereocenters. The van der Waals surface area contributed by atoms with Gasteiger partial charge in [0.15, 0.2) is 0 Å². The molecule has 2 amide bonds. The molecule has 25 heavy (non-hydrogen) atoms. The van der Waals surface area contributed by atoms with Crippen LogP contribution in [0.5, 0.6) is 0 Å². The van der Waals surface area contributed by atoms with E-state index in [2.05, 4.69) is 0 Å². The molecule has 7 nitrogen and oxygen atoms in total. The maximum absolute atomic E-state index is 12.8. The van der Waals surface area contributed by atoms with Crippen LogP contribution in [-0.4, -0.2) is 63.1 Å². The molecule has 1 saturated carbocycles. The van der Waals surface area contributed by atoms with E-state index in [9.17, 15) is 19.5 Å². The van der Waals surface area contributed by atoms with E-state index in [1.54, 1.807) is 25.7 Å². The summed E-state index contributed by atoms with van der Waals surface area (Å²) < 4.78 is 5.48. The maximum Gasteiger partial charge on any atom is 0.410 e. The first-order valence-corrected chi connectivity index (χ1v) is 8.85. The van der Waals surface area contributed by atoms with Crippen LogP contribution < -0.4 is 0 Å². The summed E-state index contributed by atoms with van der Waals surface area (Å²) in [5.41, 5.74) is -1.26. The summed E-state index contributed by atoms with van der Waals surface area (Å²) in [6, 6.07) is -0.313. The van der Waals surface area contributed by atoms with Crippen molar-refractivity contribution < 1.29 is 24.2 Å². The Morgan fingerprint density at radius 3 is 2.16 bits per heavy atom. The number of aliphatic carboxylic acids is 1. The Bertz CT molecular complexity index is 559. The zero-order valence-electron chi connectivity index (χ0n) is 16.0. The second-order valence-electron chi connectivity index (χ2n) is 9.07. The van der Waals surface area contributed by atoms with Gasteiger partial charge in [-0.05, 0) is 40.0 Å². The fourth-order valence-corrected chi connectivity index (χ4v) is 3.67. The lowest BCUT2D eigenvalue weighted by atomic mass is 9.75. The van der Waals surface area contributed by atoms with E-state index in [4.69, 9.17) is 4.74 Å². The molecular formula is C18H30N2O5. The molecule has 2 saturated heterocycles. The van der Waals surface area contributed by atoms with Gasteiger partial charge in [0.1, 0.15) is 12.1 Å². The van der Waals surface area contributed by atoms with E-state index in [0.717, 1.165) is 12.8 Å². The number of hydrogen-bond donors (Lipinski definition) is 1. The summed E-state index contributed by atoms with van der Waals surface area (Å²) in [7, 11) is 0. The van der Waals surface area contributed by atoms with Gasteiger partial charge in [-0.15, -0.1) is 0 Å². The fourth-order valence-electron chi connectivity index (χ4n) is 3.67. The third kappa shape index (κ3) is 4.25. The first-order valence-electron chi connectivity index (χ1n) is 8.85. The highest BCUT2D eigenvalue weighted by atomic mass is 16.6. The van der Waals surface area contributed by atoms with Crippen LogP contribution in [0.4, 0.5) is 4.79 Å². The molecule has 7 heteroatoms. The van der Waals surface area contributed by atoms with Crippen molar-refractivity contribution in [2.75, 3.05) is 6.54 Å². The fraction of sp³-hybridized carbons (Fsp3) is 0.833. The minimum atomic E-state index is -1.04. The predicted molar refractivity (Wildman–Crippen MR) is 92.1 cm³/mol. The number of carbonyl (C=O) groups excluding carboxylic acids is 2. The molecule has 1 N–H and O–H groups in total. The monoisotopic (exact) mass is 354 g/mol. The molecule has 0 aromatic rings. The lowest BCUT2D eigenvalue weighted by Gasteiger charge is -2.58. The lowest BCUT2D eigenvalue weighted by molar-refractivity contribution is -0.158. The van der Waals surface area contributed by atoms with Gasteiger partial charge in [-0.1, -0.05) is 20.8 Å². The Morgan fingerprint density at radius 1 is 1.12 bits per heavy atom. The Morgan fingerprint density at radius 2 is 1.72 bits per heavy atom. The van der Waals surface area contributed by atoms with Crippen LogP contribution in [0.15, 0.2) is 0 Å². The van der Waals surface area contributed by atoms with E-state index in [-0.39, 0.29) is 36.7 Å². The molecule has 0 radical (unpaired) electrons. The Balaban J connectivity index is 2.20. The largest absolute Gasteiger partial charge is 0.480 e. The molecule has 3 fully saturated rings. The summed E-state index contributed by atoms with van der Waals surface area (Å²) >= 11 is 0. The standard InChI is InChI=1S/C18H30N2O5/c1-17(2,3)15(23)19(10-14(21)22)12-8-7-11-9-13(12)20(11)16(24)25-18(4,5)6/h11-13H,7-10H2,1-6H3,(H,21,22). The Hall–Kier alpha value is -1.79. The van der Waals surface area contributed by atoms with Gasteiger partial charge in [-0.25, -0.2) is 4.79 Å². The zero-order valence-corrected chi connectivity index (χ0v) is 16.0. The number of carboxylic acid groups (broad SMARTS) is 1. The highest BCUT2D eigenvalue weighted by Gasteiger charge is 2.53. The molecule has 2 bridgehead atoms. The molecule has 3 aliphatic rings. The number of fused-ring (bicyclic) bond motifs is 2. The smallest absolute Gasteiger partial charge is 0.410 e. The Labute approximate surface area is 149 Å². The van der Waals surface area contributed by atoms with E-state index < -0.39 is 17.0 Å². The summed E-state index contributed by atoms with van der Waals surface area (Å²) in [4.78, 5) is 39.7. The average Bonchev–Trinajstić information content (AvgIpc) is 2.40. The minimum absolute atomic E-state index is 0.132. The molecule has 1 aliphatic carbocycles. The number of carbonyl (C=O) groups is 3. The van der Waals surface area contributed by atoms with Crippen molar-refractivity contribution in [1.82, 2.24) is 9.80 Å². The Kier molecular flexibility index (Phi) is 5.08. The van der Waals surface area contributed by atoms with Crippen molar-refractivity contribution in [2.24, 2.45) is 5.41 Å². The van der Waals surface area contributed by atoms with Gasteiger partial charge in [-0.3, -0.25) is 9.59 Å². The second-order valence-corrected chi connectivity index (χ2v) is 9.07. The molecule has 0 aromatic carbocycles. The topological polar surface area (TPSA) is 87.2 Å². The van der Waals surface area contributed by atoms with Crippen LogP contribution in [0.3, 0.4) is 0 Å². The van der Waals surface area contributed by atoms with Gasteiger partial charge in [0.2, 0.25) is 5.91 Å². The number of ether oxygens (including phenoxy) is 1. The summed E-state index contributed by atoms with van der Waals surface area (Å²) in [5, 5.41) is 9.26. The van der Waals surface area contributed by atoms with Crippen LogP contribution in [0.2, 0.25) is 0 Å². The molecule has 2 heterocycles. The highest BCUT2D eigenvalue weighted by Crippen LogP contribution is 2.42. The van der Waals surface area contributed by atoms with Crippen molar-refractivity contribution in [3.05, 3.63) is 0 Å². The second kappa shape index (κ2) is 6.50. The van der Waals surface area contributed by atoms with E-state index >= 15 is 0 Å². The highest BCUT2D eigenvalue weighted by molar-refractivity contribution is 5.85.